The fraction of sp³-hybridized carbons (Fsp3) is 0.500. The van der Waals surface area contributed by atoms with E-state index in [1.807, 2.05) is 0 Å². The quantitative estimate of drug-likeness (QED) is 0.713. The standard InChI is InChI=1S/C12H21N3O4S2/c1-11(2)14-21(18,19)13-9-10-20(16,17)15(3)12-7-5-4-6-8-12/h4-8,11,13-14H,9-10H2,1-3H3. The fourth-order valence-corrected chi connectivity index (χ4v) is 3.87. The van der Waals surface area contributed by atoms with Gasteiger partial charge in [-0.15, -0.1) is 0 Å². The van der Waals surface area contributed by atoms with E-state index in [0.29, 0.717) is 5.69 Å². The van der Waals surface area contributed by atoms with Crippen LogP contribution in [0.4, 0.5) is 5.69 Å². The zero-order chi connectivity index (χ0) is 16.1. The van der Waals surface area contributed by atoms with Crippen molar-refractivity contribution in [1.29, 1.82) is 0 Å². The molecule has 0 bridgehead atoms. The van der Waals surface area contributed by atoms with Gasteiger partial charge in [0.05, 0.1) is 11.4 Å². The first-order valence-electron chi connectivity index (χ1n) is 6.42. The van der Waals surface area contributed by atoms with Crippen LogP contribution < -0.4 is 13.7 Å². The molecule has 0 spiro atoms. The summed E-state index contributed by atoms with van der Waals surface area (Å²) in [4.78, 5) is 0. The Kier molecular flexibility index (Phi) is 6.14. The van der Waals surface area contributed by atoms with Gasteiger partial charge in [-0.3, -0.25) is 4.31 Å². The largest absolute Gasteiger partial charge is 0.277 e. The minimum absolute atomic E-state index is 0.193. The molecule has 7 nitrogen and oxygen atoms in total. The summed E-state index contributed by atoms with van der Waals surface area (Å²) in [5.41, 5.74) is 0.528. The molecular formula is C12H21N3O4S2. The van der Waals surface area contributed by atoms with Crippen molar-refractivity contribution in [3.05, 3.63) is 30.3 Å². The van der Waals surface area contributed by atoms with Crippen LogP contribution in [-0.2, 0) is 20.2 Å². The minimum atomic E-state index is -3.68. The van der Waals surface area contributed by atoms with E-state index in [1.54, 1.807) is 44.2 Å². The van der Waals surface area contributed by atoms with E-state index in [2.05, 4.69) is 9.44 Å². The average Bonchev–Trinajstić information content (AvgIpc) is 2.36. The zero-order valence-corrected chi connectivity index (χ0v) is 13.9. The molecule has 9 heteroatoms. The van der Waals surface area contributed by atoms with Gasteiger partial charge in [0.15, 0.2) is 0 Å². The third kappa shape index (κ3) is 6.00. The Morgan fingerprint density at radius 2 is 1.67 bits per heavy atom. The summed E-state index contributed by atoms with van der Waals surface area (Å²) in [6.07, 6.45) is 0. The summed E-state index contributed by atoms with van der Waals surface area (Å²) >= 11 is 0. The first-order valence-corrected chi connectivity index (χ1v) is 9.52. The molecule has 1 aromatic rings. The van der Waals surface area contributed by atoms with Crippen molar-refractivity contribution < 1.29 is 16.8 Å². The molecule has 120 valence electrons. The van der Waals surface area contributed by atoms with Gasteiger partial charge >= 0.3 is 0 Å². The van der Waals surface area contributed by atoms with Gasteiger partial charge in [-0.2, -0.15) is 13.1 Å². The Morgan fingerprint density at radius 3 is 2.19 bits per heavy atom. The molecule has 0 saturated heterocycles. The zero-order valence-electron chi connectivity index (χ0n) is 12.3. The molecule has 0 atom stereocenters. The van der Waals surface area contributed by atoms with Crippen LogP contribution in [0.25, 0.3) is 0 Å². The molecule has 0 heterocycles. The highest BCUT2D eigenvalue weighted by Crippen LogP contribution is 2.14. The van der Waals surface area contributed by atoms with Crippen LogP contribution in [0.2, 0.25) is 0 Å². The predicted molar refractivity (Wildman–Crippen MR) is 83.8 cm³/mol. The van der Waals surface area contributed by atoms with Crippen LogP contribution in [0.5, 0.6) is 0 Å². The van der Waals surface area contributed by atoms with Gasteiger partial charge in [0, 0.05) is 19.6 Å². The average molecular weight is 335 g/mol. The van der Waals surface area contributed by atoms with Gasteiger partial charge in [0.25, 0.3) is 10.2 Å². The normalized spacial score (nSPS) is 12.6. The third-order valence-corrected chi connectivity index (χ3v) is 5.71. The van der Waals surface area contributed by atoms with Crippen LogP contribution in [0.1, 0.15) is 13.8 Å². The second-order valence-corrected chi connectivity index (χ2v) is 8.44. The van der Waals surface area contributed by atoms with Crippen molar-refractivity contribution in [1.82, 2.24) is 9.44 Å². The molecule has 0 unspecified atom stereocenters. The van der Waals surface area contributed by atoms with Crippen molar-refractivity contribution in [2.24, 2.45) is 0 Å². The molecule has 2 N–H and O–H groups in total. The van der Waals surface area contributed by atoms with Crippen molar-refractivity contribution in [3.63, 3.8) is 0 Å². The van der Waals surface area contributed by atoms with E-state index in [-0.39, 0.29) is 18.3 Å². The third-order valence-electron chi connectivity index (χ3n) is 2.58. The molecule has 1 aromatic carbocycles. The Labute approximate surface area is 126 Å². The highest BCUT2D eigenvalue weighted by atomic mass is 32.2. The first-order chi connectivity index (χ1) is 9.64. The van der Waals surface area contributed by atoms with Crippen LogP contribution >= 0.6 is 0 Å². The highest BCUT2D eigenvalue weighted by molar-refractivity contribution is 7.92. The Bertz CT molecular complexity index is 642. The maximum atomic E-state index is 12.1. The molecule has 1 rings (SSSR count). The lowest BCUT2D eigenvalue weighted by Gasteiger charge is -2.19. The Morgan fingerprint density at radius 1 is 1.10 bits per heavy atom. The van der Waals surface area contributed by atoms with Gasteiger partial charge in [0.1, 0.15) is 0 Å². The molecule has 0 aromatic heterocycles. The summed E-state index contributed by atoms with van der Waals surface area (Å²) < 4.78 is 53.0. The first kappa shape index (κ1) is 17.9. The molecular weight excluding hydrogens is 314 g/mol. The number of para-hydroxylation sites is 1. The number of nitrogens with one attached hydrogen (secondary N) is 2. The number of benzene rings is 1. The highest BCUT2D eigenvalue weighted by Gasteiger charge is 2.19. The fourth-order valence-electron chi connectivity index (χ4n) is 1.59. The lowest BCUT2D eigenvalue weighted by Crippen LogP contribution is -2.43. The number of anilines is 1. The second-order valence-electron chi connectivity index (χ2n) is 4.79. The van der Waals surface area contributed by atoms with Crippen molar-refractivity contribution in [3.8, 4) is 0 Å². The van der Waals surface area contributed by atoms with Crippen LogP contribution in [-0.4, -0.2) is 42.2 Å². The van der Waals surface area contributed by atoms with Gasteiger partial charge in [-0.1, -0.05) is 18.2 Å². The SMILES string of the molecule is CC(C)NS(=O)(=O)NCCS(=O)(=O)N(C)c1ccccc1. The summed E-state index contributed by atoms with van der Waals surface area (Å²) in [5, 5.41) is 0. The molecule has 0 aliphatic rings. The Balaban J connectivity index is 2.62. The van der Waals surface area contributed by atoms with Gasteiger partial charge in [0.2, 0.25) is 10.0 Å². The molecule has 0 fully saturated rings. The van der Waals surface area contributed by atoms with Crippen LogP contribution in [0.3, 0.4) is 0 Å². The van der Waals surface area contributed by atoms with Crippen LogP contribution in [0, 0.1) is 0 Å². The van der Waals surface area contributed by atoms with E-state index in [4.69, 9.17) is 0 Å². The van der Waals surface area contributed by atoms with Crippen molar-refractivity contribution in [2.75, 3.05) is 23.7 Å². The monoisotopic (exact) mass is 335 g/mol. The number of hydrogen-bond acceptors (Lipinski definition) is 4. The van der Waals surface area contributed by atoms with Crippen LogP contribution in [0.15, 0.2) is 30.3 Å². The van der Waals surface area contributed by atoms with E-state index >= 15 is 0 Å². The van der Waals surface area contributed by atoms with Gasteiger partial charge in [-0.25, -0.2) is 13.1 Å². The molecule has 0 amide bonds. The van der Waals surface area contributed by atoms with E-state index in [9.17, 15) is 16.8 Å². The maximum Gasteiger partial charge on any atom is 0.277 e. The molecule has 0 radical (unpaired) electrons. The molecule has 0 aliphatic heterocycles. The summed E-state index contributed by atoms with van der Waals surface area (Å²) in [6, 6.07) is 8.33. The van der Waals surface area contributed by atoms with Crippen molar-refractivity contribution >= 4 is 25.9 Å². The number of nitrogens with zero attached hydrogens (tertiary/aromatic N) is 1. The summed E-state index contributed by atoms with van der Waals surface area (Å²) in [6.45, 7) is 3.17. The molecule has 0 aliphatic carbocycles. The molecule has 0 saturated carbocycles. The number of rotatable bonds is 8. The van der Waals surface area contributed by atoms with E-state index in [1.165, 1.54) is 7.05 Å². The smallest absolute Gasteiger partial charge is 0.273 e. The van der Waals surface area contributed by atoms with Crippen molar-refractivity contribution in [2.45, 2.75) is 19.9 Å². The molecule has 21 heavy (non-hydrogen) atoms. The topological polar surface area (TPSA) is 95.6 Å². The Hall–Kier alpha value is -1.16. The summed E-state index contributed by atoms with van der Waals surface area (Å²) in [5.74, 6) is -0.322. The van der Waals surface area contributed by atoms with E-state index in [0.717, 1.165) is 4.31 Å². The minimum Gasteiger partial charge on any atom is -0.273 e. The lowest BCUT2D eigenvalue weighted by atomic mass is 10.3. The van der Waals surface area contributed by atoms with Gasteiger partial charge in [-0.05, 0) is 26.0 Å². The lowest BCUT2D eigenvalue weighted by molar-refractivity contribution is 0.556. The number of hydrogen-bond donors (Lipinski definition) is 2. The summed E-state index contributed by atoms with van der Waals surface area (Å²) in [7, 11) is -5.83. The van der Waals surface area contributed by atoms with E-state index < -0.39 is 20.2 Å². The second kappa shape index (κ2) is 7.21. The predicted octanol–water partition coefficient (Wildman–Crippen LogP) is 0.285. The van der Waals surface area contributed by atoms with Gasteiger partial charge < -0.3 is 0 Å². The maximum absolute atomic E-state index is 12.1. The number of sulfonamides is 1.